The van der Waals surface area contributed by atoms with Crippen LogP contribution in [0.15, 0.2) is 4.52 Å². The van der Waals surface area contributed by atoms with Crippen LogP contribution >= 0.6 is 0 Å². The number of carbonyl (C=O) groups excluding carboxylic acids is 3. The van der Waals surface area contributed by atoms with Crippen molar-refractivity contribution in [3.05, 3.63) is 11.7 Å². The largest absolute Gasteiger partial charge is 0.337 e. The van der Waals surface area contributed by atoms with Crippen molar-refractivity contribution in [1.29, 1.82) is 0 Å². The fraction of sp³-hybridized carbons (Fsp3) is 0.583. The van der Waals surface area contributed by atoms with Crippen LogP contribution in [0.1, 0.15) is 38.9 Å². The van der Waals surface area contributed by atoms with E-state index in [1.54, 1.807) is 13.8 Å². The van der Waals surface area contributed by atoms with Gasteiger partial charge < -0.3 is 4.52 Å². The number of urea groups is 1. The predicted molar refractivity (Wildman–Crippen MR) is 66.2 cm³/mol. The highest BCUT2D eigenvalue weighted by molar-refractivity contribution is 6.44. The molecule has 1 aromatic rings. The minimum Gasteiger partial charge on any atom is -0.337 e. The van der Waals surface area contributed by atoms with Gasteiger partial charge in [-0.15, -0.1) is 0 Å². The summed E-state index contributed by atoms with van der Waals surface area (Å²) in [5.41, 5.74) is 0. The molecule has 8 nitrogen and oxygen atoms in total. The number of carbonyl (C=O) groups is 3. The van der Waals surface area contributed by atoms with Crippen LogP contribution in [0.25, 0.3) is 0 Å². The van der Waals surface area contributed by atoms with Crippen molar-refractivity contribution in [3.63, 3.8) is 0 Å². The molecule has 0 unspecified atom stereocenters. The highest BCUT2D eigenvalue weighted by Gasteiger charge is 2.46. The van der Waals surface area contributed by atoms with Gasteiger partial charge in [-0.3, -0.25) is 14.5 Å². The van der Waals surface area contributed by atoms with Gasteiger partial charge in [-0.1, -0.05) is 12.1 Å². The van der Waals surface area contributed by atoms with Crippen molar-refractivity contribution < 1.29 is 18.9 Å². The van der Waals surface area contributed by atoms with E-state index in [0.717, 1.165) is 16.2 Å². The number of amides is 4. The molecule has 0 N–H and O–H groups in total. The maximum Gasteiger partial charge on any atom is 0.334 e. The number of aromatic nitrogens is 2. The van der Waals surface area contributed by atoms with Gasteiger partial charge in [-0.2, -0.15) is 4.98 Å². The van der Waals surface area contributed by atoms with E-state index in [4.69, 9.17) is 4.52 Å². The van der Waals surface area contributed by atoms with Gasteiger partial charge in [0.1, 0.15) is 6.54 Å². The lowest BCUT2D eigenvalue weighted by Gasteiger charge is -2.17. The first-order valence-electron chi connectivity index (χ1n) is 6.46. The summed E-state index contributed by atoms with van der Waals surface area (Å²) in [5.74, 6) is -1.01. The Morgan fingerprint density at radius 2 is 1.90 bits per heavy atom. The quantitative estimate of drug-likeness (QED) is 0.582. The molecule has 8 heteroatoms. The van der Waals surface area contributed by atoms with Gasteiger partial charge in [0, 0.05) is 12.5 Å². The van der Waals surface area contributed by atoms with E-state index < -0.39 is 17.8 Å². The topological polar surface area (TPSA) is 96.6 Å². The molecule has 20 heavy (non-hydrogen) atoms. The molecule has 2 heterocycles. The van der Waals surface area contributed by atoms with Gasteiger partial charge in [0.15, 0.2) is 5.82 Å². The maximum atomic E-state index is 12.0. The highest BCUT2D eigenvalue weighted by Crippen LogP contribution is 2.17. The second-order valence-corrected chi connectivity index (χ2v) is 4.80. The average Bonchev–Trinajstić information content (AvgIpc) is 2.89. The lowest BCUT2D eigenvalue weighted by Crippen LogP contribution is -2.37. The second kappa shape index (κ2) is 5.40. The lowest BCUT2D eigenvalue weighted by atomic mass is 10.3. The minimum atomic E-state index is -0.862. The monoisotopic (exact) mass is 280 g/mol. The molecule has 0 saturated carbocycles. The smallest absolute Gasteiger partial charge is 0.334 e. The van der Waals surface area contributed by atoms with E-state index in [1.807, 2.05) is 6.92 Å². The molecule has 108 valence electrons. The zero-order valence-corrected chi connectivity index (χ0v) is 11.6. The van der Waals surface area contributed by atoms with Crippen molar-refractivity contribution in [3.8, 4) is 0 Å². The summed E-state index contributed by atoms with van der Waals surface area (Å²) >= 11 is 0. The van der Waals surface area contributed by atoms with Crippen LogP contribution in [0.4, 0.5) is 4.79 Å². The Morgan fingerprint density at radius 3 is 2.45 bits per heavy atom. The number of rotatable bonds is 5. The van der Waals surface area contributed by atoms with E-state index in [2.05, 4.69) is 10.1 Å². The first kappa shape index (κ1) is 14.2. The lowest BCUT2D eigenvalue weighted by molar-refractivity contribution is -0.144. The number of aryl methyl sites for hydroxylation is 1. The normalized spacial score (nSPS) is 15.9. The standard InChI is InChI=1S/C12H16N4O4/c1-4-5-8-13-9(20-14-8)6-15-10(17)11(18)16(7(2)3)12(15)19/h7H,4-6H2,1-3H3. The molecule has 2 rings (SSSR count). The third-order valence-electron chi connectivity index (χ3n) is 2.88. The molecule has 1 aliphatic heterocycles. The van der Waals surface area contributed by atoms with Gasteiger partial charge >= 0.3 is 17.8 Å². The van der Waals surface area contributed by atoms with E-state index in [-0.39, 0.29) is 18.5 Å². The van der Waals surface area contributed by atoms with Crippen LogP contribution in [0.2, 0.25) is 0 Å². The SMILES string of the molecule is CCCc1noc(CN2C(=O)C(=O)N(C(C)C)C2=O)n1. The molecule has 0 radical (unpaired) electrons. The van der Waals surface area contributed by atoms with Gasteiger partial charge in [0.25, 0.3) is 0 Å². The summed E-state index contributed by atoms with van der Waals surface area (Å²) in [6.07, 6.45) is 1.52. The molecule has 0 aromatic carbocycles. The third-order valence-corrected chi connectivity index (χ3v) is 2.88. The third kappa shape index (κ3) is 2.40. The van der Waals surface area contributed by atoms with Crippen molar-refractivity contribution in [1.82, 2.24) is 19.9 Å². The van der Waals surface area contributed by atoms with E-state index in [9.17, 15) is 14.4 Å². The van der Waals surface area contributed by atoms with Gasteiger partial charge in [0.2, 0.25) is 5.89 Å². The van der Waals surface area contributed by atoms with Gasteiger partial charge in [0.05, 0.1) is 0 Å². The fourth-order valence-corrected chi connectivity index (χ4v) is 1.93. The Balaban J connectivity index is 2.14. The molecule has 4 amide bonds. The summed E-state index contributed by atoms with van der Waals surface area (Å²) in [6, 6.07) is -1.02. The summed E-state index contributed by atoms with van der Waals surface area (Å²) in [4.78, 5) is 41.4. The van der Waals surface area contributed by atoms with E-state index >= 15 is 0 Å². The van der Waals surface area contributed by atoms with Crippen LogP contribution in [0.5, 0.6) is 0 Å². The Hall–Kier alpha value is -2.25. The number of imide groups is 2. The number of nitrogens with zero attached hydrogens (tertiary/aromatic N) is 4. The van der Waals surface area contributed by atoms with Crippen LogP contribution < -0.4 is 0 Å². The molecule has 1 aromatic heterocycles. The minimum absolute atomic E-state index is 0.147. The molecule has 0 aliphatic carbocycles. The fourth-order valence-electron chi connectivity index (χ4n) is 1.93. The maximum absolute atomic E-state index is 12.0. The zero-order chi connectivity index (χ0) is 14.9. The van der Waals surface area contributed by atoms with Gasteiger partial charge in [-0.05, 0) is 20.3 Å². The first-order valence-corrected chi connectivity index (χ1v) is 6.46. The van der Waals surface area contributed by atoms with Crippen LogP contribution in [-0.2, 0) is 22.6 Å². The molecule has 1 aliphatic rings. The average molecular weight is 280 g/mol. The summed E-state index contributed by atoms with van der Waals surface area (Å²) < 4.78 is 4.97. The Labute approximate surface area is 115 Å². The van der Waals surface area contributed by atoms with Gasteiger partial charge in [-0.25, -0.2) is 9.69 Å². The number of hydrogen-bond acceptors (Lipinski definition) is 6. The molecular weight excluding hydrogens is 264 g/mol. The Bertz CT molecular complexity index is 551. The Kier molecular flexibility index (Phi) is 3.82. The van der Waals surface area contributed by atoms with E-state index in [0.29, 0.717) is 12.2 Å². The first-order chi connectivity index (χ1) is 9.45. The second-order valence-electron chi connectivity index (χ2n) is 4.80. The molecular formula is C12H16N4O4. The van der Waals surface area contributed by atoms with Crippen molar-refractivity contribution in [2.24, 2.45) is 0 Å². The number of hydrogen-bond donors (Lipinski definition) is 0. The van der Waals surface area contributed by atoms with E-state index in [1.165, 1.54) is 0 Å². The molecule has 1 saturated heterocycles. The predicted octanol–water partition coefficient (Wildman–Crippen LogP) is 0.721. The molecule has 0 atom stereocenters. The van der Waals surface area contributed by atoms with Crippen molar-refractivity contribution in [2.45, 2.75) is 46.2 Å². The summed E-state index contributed by atoms with van der Waals surface area (Å²) in [6.45, 7) is 5.13. The summed E-state index contributed by atoms with van der Waals surface area (Å²) in [7, 11) is 0. The molecule has 0 bridgehead atoms. The van der Waals surface area contributed by atoms with Crippen molar-refractivity contribution >= 4 is 17.8 Å². The highest BCUT2D eigenvalue weighted by atomic mass is 16.5. The van der Waals surface area contributed by atoms with Crippen LogP contribution in [0.3, 0.4) is 0 Å². The zero-order valence-electron chi connectivity index (χ0n) is 11.6. The Morgan fingerprint density at radius 1 is 1.20 bits per heavy atom. The van der Waals surface area contributed by atoms with Crippen molar-refractivity contribution in [2.75, 3.05) is 0 Å². The molecule has 1 fully saturated rings. The molecule has 0 spiro atoms. The summed E-state index contributed by atoms with van der Waals surface area (Å²) in [5, 5.41) is 3.74. The van der Waals surface area contributed by atoms with Crippen LogP contribution in [-0.4, -0.2) is 43.8 Å². The van der Waals surface area contributed by atoms with Crippen LogP contribution in [0, 0.1) is 0 Å².